The molecule has 0 amide bonds. The van der Waals surface area contributed by atoms with Gasteiger partial charge < -0.3 is 4.43 Å². The van der Waals surface area contributed by atoms with Gasteiger partial charge >= 0.3 is 0 Å². The van der Waals surface area contributed by atoms with Gasteiger partial charge in [-0.05, 0) is 15.4 Å². The number of alkyl halides is 1. The Labute approximate surface area is 151 Å². The van der Waals surface area contributed by atoms with Crippen LogP contribution < -0.4 is 10.4 Å². The van der Waals surface area contributed by atoms with Crippen LogP contribution in [0.5, 0.6) is 0 Å². The first kappa shape index (κ1) is 18.7. The summed E-state index contributed by atoms with van der Waals surface area (Å²) in [5.74, 6) is 0.318. The molecule has 1 atom stereocenters. The number of hydrogen-bond acceptors (Lipinski definition) is 2. The zero-order valence-corrected chi connectivity index (χ0v) is 16.3. The van der Waals surface area contributed by atoms with E-state index >= 15 is 0 Å². The molecule has 0 aliphatic heterocycles. The molecule has 2 rings (SSSR count). The van der Waals surface area contributed by atoms with E-state index in [0.29, 0.717) is 12.3 Å². The average molecular weight is 358 g/mol. The van der Waals surface area contributed by atoms with Crippen molar-refractivity contribution < 1.29 is 4.43 Å². The van der Waals surface area contributed by atoms with Crippen LogP contribution in [0, 0.1) is 11.3 Å². The molecule has 0 aliphatic rings. The first-order valence-corrected chi connectivity index (χ1v) is 10.6. The van der Waals surface area contributed by atoms with Crippen LogP contribution in [0.3, 0.4) is 0 Å². The second-order valence-corrected chi connectivity index (χ2v) is 11.5. The molecule has 0 heterocycles. The minimum absolute atomic E-state index is 0.102. The molecule has 0 radical (unpaired) electrons. The Balaban J connectivity index is 2.68. The highest BCUT2D eigenvalue weighted by molar-refractivity contribution is 6.99. The van der Waals surface area contributed by atoms with E-state index in [9.17, 15) is 0 Å². The molecule has 0 bridgehead atoms. The Morgan fingerprint density at radius 2 is 1.46 bits per heavy atom. The zero-order valence-electron chi connectivity index (χ0n) is 14.5. The molecule has 0 N–H and O–H groups in total. The first-order valence-electron chi connectivity index (χ1n) is 8.17. The predicted molar refractivity (Wildman–Crippen MR) is 103 cm³/mol. The molecule has 0 spiro atoms. The Morgan fingerprint density at radius 3 is 1.79 bits per heavy atom. The lowest BCUT2D eigenvalue weighted by molar-refractivity contribution is 0.214. The molecule has 126 valence electrons. The highest BCUT2D eigenvalue weighted by atomic mass is 35.5. The first-order chi connectivity index (χ1) is 11.5. The number of nitriles is 1. The monoisotopic (exact) mass is 357 g/mol. The van der Waals surface area contributed by atoms with E-state index in [4.69, 9.17) is 21.3 Å². The summed E-state index contributed by atoms with van der Waals surface area (Å²) in [7, 11) is -2.61. The average Bonchev–Trinajstić information content (AvgIpc) is 2.59. The smallest absolute Gasteiger partial charge is 0.261 e. The fourth-order valence-corrected chi connectivity index (χ4v) is 8.13. The van der Waals surface area contributed by atoms with Gasteiger partial charge in [0.1, 0.15) is 0 Å². The topological polar surface area (TPSA) is 33.0 Å². The van der Waals surface area contributed by atoms with Crippen LogP contribution in [0.1, 0.15) is 27.2 Å². The SMILES string of the molecule is CC(C)(C)[Si](OC(CCl)CC#N)(c1ccccc1)c1ccccc1. The van der Waals surface area contributed by atoms with Crippen molar-refractivity contribution in [1.29, 1.82) is 5.26 Å². The second kappa shape index (κ2) is 7.98. The molecule has 0 aromatic heterocycles. The van der Waals surface area contributed by atoms with Gasteiger partial charge in [0.2, 0.25) is 0 Å². The van der Waals surface area contributed by atoms with E-state index in [2.05, 4.69) is 75.4 Å². The summed E-state index contributed by atoms with van der Waals surface area (Å²) < 4.78 is 6.75. The Morgan fingerprint density at radius 1 is 1.00 bits per heavy atom. The maximum Gasteiger partial charge on any atom is 0.261 e. The molecule has 0 fully saturated rings. The summed E-state index contributed by atoms with van der Waals surface area (Å²) in [5, 5.41) is 11.4. The summed E-state index contributed by atoms with van der Waals surface area (Å²) in [6.45, 7) is 6.66. The van der Waals surface area contributed by atoms with Crippen molar-refractivity contribution in [2.45, 2.75) is 38.3 Å². The van der Waals surface area contributed by atoms with Crippen LogP contribution in [0.15, 0.2) is 60.7 Å². The third kappa shape index (κ3) is 3.72. The normalized spacial score (nSPS) is 13.3. The fourth-order valence-electron chi connectivity index (χ4n) is 3.17. The molecule has 4 heteroatoms. The predicted octanol–water partition coefficient (Wildman–Crippen LogP) is 4.08. The summed E-state index contributed by atoms with van der Waals surface area (Å²) in [6, 6.07) is 23.0. The molecule has 2 aromatic carbocycles. The molecule has 2 nitrogen and oxygen atoms in total. The summed E-state index contributed by atoms with van der Waals surface area (Å²) in [6.07, 6.45) is 0.0246. The number of nitrogens with zero attached hydrogens (tertiary/aromatic N) is 1. The highest BCUT2D eigenvalue weighted by Crippen LogP contribution is 2.37. The number of hydrogen-bond donors (Lipinski definition) is 0. The lowest BCUT2D eigenvalue weighted by Gasteiger charge is -2.44. The van der Waals surface area contributed by atoms with E-state index in [1.54, 1.807) is 0 Å². The van der Waals surface area contributed by atoms with Crippen molar-refractivity contribution in [3.63, 3.8) is 0 Å². The van der Waals surface area contributed by atoms with Gasteiger partial charge in [-0.2, -0.15) is 5.26 Å². The molecule has 0 saturated heterocycles. The van der Waals surface area contributed by atoms with E-state index in [1.165, 1.54) is 10.4 Å². The molecular weight excluding hydrogens is 334 g/mol. The van der Waals surface area contributed by atoms with Gasteiger partial charge in [-0.1, -0.05) is 81.4 Å². The number of benzene rings is 2. The van der Waals surface area contributed by atoms with Crippen LogP contribution in [-0.4, -0.2) is 20.3 Å². The molecular formula is C20H24ClNOSi. The van der Waals surface area contributed by atoms with E-state index in [0.717, 1.165) is 0 Å². The van der Waals surface area contributed by atoms with Gasteiger partial charge in [0.05, 0.1) is 18.6 Å². The Bertz CT molecular complexity index is 637. The van der Waals surface area contributed by atoms with Gasteiger partial charge in [0.25, 0.3) is 8.32 Å². The van der Waals surface area contributed by atoms with Gasteiger partial charge in [-0.3, -0.25) is 0 Å². The van der Waals surface area contributed by atoms with Crippen LogP contribution in [0.2, 0.25) is 5.04 Å². The quantitative estimate of drug-likeness (QED) is 0.576. The molecule has 24 heavy (non-hydrogen) atoms. The van der Waals surface area contributed by atoms with Crippen molar-refractivity contribution in [2.75, 3.05) is 5.88 Å². The Kier molecular flexibility index (Phi) is 6.23. The molecule has 2 aromatic rings. The van der Waals surface area contributed by atoms with Crippen LogP contribution in [0.25, 0.3) is 0 Å². The zero-order chi connectivity index (χ0) is 17.6. The van der Waals surface area contributed by atoms with Crippen molar-refractivity contribution in [3.8, 4) is 6.07 Å². The lowest BCUT2D eigenvalue weighted by atomic mass is 10.2. The maximum absolute atomic E-state index is 9.14. The van der Waals surface area contributed by atoms with Crippen LogP contribution in [-0.2, 0) is 4.43 Å². The van der Waals surface area contributed by atoms with Crippen molar-refractivity contribution in [1.82, 2.24) is 0 Å². The third-order valence-corrected chi connectivity index (χ3v) is 9.69. The standard InChI is InChI=1S/C20H24ClNOSi/c1-20(2,3)24(18-10-6-4-7-11-18,19-12-8-5-9-13-19)23-17(16-21)14-15-22/h4-13,17H,14,16H2,1-3H3. The minimum Gasteiger partial charge on any atom is -0.402 e. The Hall–Kier alpha value is -1.60. The number of halogens is 1. The van der Waals surface area contributed by atoms with Gasteiger partial charge in [-0.25, -0.2) is 0 Å². The fraction of sp³-hybridized carbons (Fsp3) is 0.350. The molecule has 1 unspecified atom stereocenters. The van der Waals surface area contributed by atoms with Crippen molar-refractivity contribution >= 4 is 30.3 Å². The summed E-state index contributed by atoms with van der Waals surface area (Å²) >= 11 is 6.12. The largest absolute Gasteiger partial charge is 0.402 e. The molecule has 0 saturated carbocycles. The van der Waals surface area contributed by atoms with Gasteiger partial charge in [0, 0.05) is 5.88 Å². The van der Waals surface area contributed by atoms with E-state index in [1.807, 2.05) is 12.1 Å². The molecule has 0 aliphatic carbocycles. The van der Waals surface area contributed by atoms with Gasteiger partial charge in [-0.15, -0.1) is 11.6 Å². The van der Waals surface area contributed by atoms with Crippen LogP contribution >= 0.6 is 11.6 Å². The second-order valence-electron chi connectivity index (χ2n) is 6.92. The number of rotatable bonds is 6. The lowest BCUT2D eigenvalue weighted by Crippen LogP contribution is -2.67. The summed E-state index contributed by atoms with van der Waals surface area (Å²) in [4.78, 5) is 0. The van der Waals surface area contributed by atoms with Crippen molar-refractivity contribution in [2.24, 2.45) is 0 Å². The summed E-state index contributed by atoms with van der Waals surface area (Å²) in [5.41, 5.74) is 0. The van der Waals surface area contributed by atoms with E-state index in [-0.39, 0.29) is 11.1 Å². The van der Waals surface area contributed by atoms with Crippen molar-refractivity contribution in [3.05, 3.63) is 60.7 Å². The maximum atomic E-state index is 9.14. The minimum atomic E-state index is -2.61. The third-order valence-electron chi connectivity index (χ3n) is 4.25. The van der Waals surface area contributed by atoms with E-state index < -0.39 is 8.32 Å². The van der Waals surface area contributed by atoms with Gasteiger partial charge in [0.15, 0.2) is 0 Å². The highest BCUT2D eigenvalue weighted by Gasteiger charge is 2.51. The van der Waals surface area contributed by atoms with Crippen LogP contribution in [0.4, 0.5) is 0 Å².